The van der Waals surface area contributed by atoms with Crippen molar-refractivity contribution < 1.29 is 4.79 Å². The van der Waals surface area contributed by atoms with Gasteiger partial charge < -0.3 is 4.57 Å². The number of imidazole rings is 1. The topological polar surface area (TPSA) is 34.9 Å². The summed E-state index contributed by atoms with van der Waals surface area (Å²) in [5.74, 6) is 2.70. The number of hydrogen-bond acceptors (Lipinski definition) is 2. The second kappa shape index (κ2) is 5.68. The fourth-order valence-corrected chi connectivity index (χ4v) is 7.08. The van der Waals surface area contributed by atoms with Gasteiger partial charge in [0, 0.05) is 36.3 Å². The Balaban J connectivity index is 1.49. The van der Waals surface area contributed by atoms with E-state index in [9.17, 15) is 4.79 Å². The van der Waals surface area contributed by atoms with Crippen LogP contribution in [-0.2, 0) is 4.79 Å². The Hall–Kier alpha value is -1.64. The van der Waals surface area contributed by atoms with Gasteiger partial charge in [0.25, 0.3) is 0 Å². The van der Waals surface area contributed by atoms with Crippen LogP contribution in [0.4, 0.5) is 0 Å². The fourth-order valence-electron chi connectivity index (χ4n) is 7.08. The summed E-state index contributed by atoms with van der Waals surface area (Å²) in [6.07, 6.45) is 19.6. The van der Waals surface area contributed by atoms with Crippen LogP contribution in [0.2, 0.25) is 0 Å². The third-order valence-corrected chi connectivity index (χ3v) is 8.49. The molecule has 3 nitrogen and oxygen atoms in total. The van der Waals surface area contributed by atoms with Gasteiger partial charge in [-0.2, -0.15) is 0 Å². The van der Waals surface area contributed by atoms with Crippen LogP contribution in [0, 0.1) is 28.6 Å². The van der Waals surface area contributed by atoms with Gasteiger partial charge in [-0.3, -0.25) is 4.79 Å². The summed E-state index contributed by atoms with van der Waals surface area (Å²) in [5, 5.41) is 0. The molecule has 4 aliphatic rings. The van der Waals surface area contributed by atoms with Crippen LogP contribution < -0.4 is 0 Å². The Morgan fingerprint density at radius 1 is 1.12 bits per heavy atom. The SMILES string of the molecule is CC12CCCC(=O)CC1=CCC1C2CCC2(C)C(n3ccnc3)=CCC12. The zero-order valence-corrected chi connectivity index (χ0v) is 16.1. The van der Waals surface area contributed by atoms with Gasteiger partial charge in [-0.15, -0.1) is 0 Å². The van der Waals surface area contributed by atoms with Crippen LogP contribution >= 0.6 is 0 Å². The van der Waals surface area contributed by atoms with Gasteiger partial charge in [0.05, 0.1) is 6.33 Å². The first kappa shape index (κ1) is 16.5. The summed E-state index contributed by atoms with van der Waals surface area (Å²) < 4.78 is 2.25. The van der Waals surface area contributed by atoms with E-state index in [0.717, 1.165) is 37.0 Å². The van der Waals surface area contributed by atoms with Crippen molar-refractivity contribution in [1.82, 2.24) is 9.55 Å². The van der Waals surface area contributed by atoms with Crippen molar-refractivity contribution in [2.24, 2.45) is 28.6 Å². The summed E-state index contributed by atoms with van der Waals surface area (Å²) in [6.45, 7) is 4.97. The summed E-state index contributed by atoms with van der Waals surface area (Å²) >= 11 is 0. The number of fused-ring (bicyclic) bond motifs is 5. The molecule has 3 heteroatoms. The van der Waals surface area contributed by atoms with Crippen LogP contribution in [0.25, 0.3) is 5.70 Å². The van der Waals surface area contributed by atoms with Gasteiger partial charge in [0.1, 0.15) is 5.78 Å². The lowest BCUT2D eigenvalue weighted by molar-refractivity contribution is -0.118. The van der Waals surface area contributed by atoms with E-state index in [-0.39, 0.29) is 10.8 Å². The standard InChI is InChI=1S/C23H30N2O/c1-22-10-3-4-17(26)14-16(22)5-6-18-19-7-8-21(25-13-12-24-15-25)23(19,2)11-9-20(18)22/h5,8,12-13,15,18-20H,3-4,6-7,9-11,14H2,1-2H3. The first-order valence-corrected chi connectivity index (χ1v) is 10.4. The lowest BCUT2D eigenvalue weighted by Gasteiger charge is -2.56. The number of aromatic nitrogens is 2. The molecule has 0 spiro atoms. The molecule has 138 valence electrons. The third kappa shape index (κ3) is 2.18. The molecule has 0 N–H and O–H groups in total. The summed E-state index contributed by atoms with van der Waals surface area (Å²) in [5.41, 5.74) is 3.47. The summed E-state index contributed by atoms with van der Waals surface area (Å²) in [4.78, 5) is 16.5. The molecule has 0 aromatic carbocycles. The van der Waals surface area contributed by atoms with E-state index in [4.69, 9.17) is 0 Å². The number of Topliss-reactive ketones (excluding diaryl/α,β-unsaturated/α-hetero) is 1. The molecule has 5 atom stereocenters. The van der Waals surface area contributed by atoms with E-state index < -0.39 is 0 Å². The molecule has 0 aliphatic heterocycles. The van der Waals surface area contributed by atoms with Gasteiger partial charge >= 0.3 is 0 Å². The van der Waals surface area contributed by atoms with Crippen molar-refractivity contribution in [3.63, 3.8) is 0 Å². The average molecular weight is 351 g/mol. The minimum Gasteiger partial charge on any atom is -0.310 e. The van der Waals surface area contributed by atoms with E-state index in [1.807, 2.05) is 12.5 Å². The predicted octanol–water partition coefficient (Wildman–Crippen LogP) is 5.26. The highest BCUT2D eigenvalue weighted by Crippen LogP contribution is 2.65. The van der Waals surface area contributed by atoms with Crippen LogP contribution in [0.15, 0.2) is 36.4 Å². The lowest BCUT2D eigenvalue weighted by Crippen LogP contribution is -2.48. The number of nitrogens with zero attached hydrogens (tertiary/aromatic N) is 2. The van der Waals surface area contributed by atoms with Crippen LogP contribution in [-0.4, -0.2) is 15.3 Å². The maximum atomic E-state index is 12.2. The van der Waals surface area contributed by atoms with Gasteiger partial charge in [-0.1, -0.05) is 31.6 Å². The molecule has 1 heterocycles. The van der Waals surface area contributed by atoms with Gasteiger partial charge in [0.15, 0.2) is 0 Å². The van der Waals surface area contributed by atoms with E-state index in [1.54, 1.807) is 0 Å². The first-order chi connectivity index (χ1) is 12.5. The Labute approximate surface area is 156 Å². The van der Waals surface area contributed by atoms with Gasteiger partial charge in [0.2, 0.25) is 0 Å². The van der Waals surface area contributed by atoms with Gasteiger partial charge in [-0.25, -0.2) is 4.98 Å². The smallest absolute Gasteiger partial charge is 0.136 e. The molecule has 0 bridgehead atoms. The highest BCUT2D eigenvalue weighted by molar-refractivity contribution is 5.81. The normalized spacial score (nSPS) is 42.2. The number of allylic oxidation sites excluding steroid dienone is 4. The zero-order chi connectivity index (χ0) is 17.9. The monoisotopic (exact) mass is 350 g/mol. The average Bonchev–Trinajstić information content (AvgIpc) is 3.20. The number of ketones is 1. The van der Waals surface area contributed by atoms with Crippen molar-refractivity contribution >= 4 is 11.5 Å². The quantitative estimate of drug-likeness (QED) is 0.648. The Morgan fingerprint density at radius 2 is 2.00 bits per heavy atom. The predicted molar refractivity (Wildman–Crippen MR) is 103 cm³/mol. The minimum atomic E-state index is 0.258. The summed E-state index contributed by atoms with van der Waals surface area (Å²) in [6, 6.07) is 0. The second-order valence-electron chi connectivity index (χ2n) is 9.58. The molecular formula is C23H30N2O. The lowest BCUT2D eigenvalue weighted by atomic mass is 9.49. The number of hydrogen-bond donors (Lipinski definition) is 0. The van der Waals surface area contributed by atoms with E-state index in [0.29, 0.717) is 5.78 Å². The fraction of sp³-hybridized carbons (Fsp3) is 0.652. The van der Waals surface area contributed by atoms with Crippen LogP contribution in [0.5, 0.6) is 0 Å². The van der Waals surface area contributed by atoms with Crippen LogP contribution in [0.1, 0.15) is 65.2 Å². The van der Waals surface area contributed by atoms with Gasteiger partial charge in [-0.05, 0) is 61.7 Å². The molecule has 5 unspecified atom stereocenters. The Kier molecular flexibility index (Phi) is 3.61. The molecule has 5 rings (SSSR count). The van der Waals surface area contributed by atoms with Crippen molar-refractivity contribution in [3.05, 3.63) is 36.4 Å². The molecule has 0 amide bonds. The number of rotatable bonds is 1. The molecule has 4 aliphatic carbocycles. The summed E-state index contributed by atoms with van der Waals surface area (Å²) in [7, 11) is 0. The van der Waals surface area contributed by atoms with E-state index >= 15 is 0 Å². The minimum absolute atomic E-state index is 0.258. The molecule has 26 heavy (non-hydrogen) atoms. The number of carbonyl (C=O) groups is 1. The molecule has 0 radical (unpaired) electrons. The van der Waals surface area contributed by atoms with Crippen molar-refractivity contribution in [1.29, 1.82) is 0 Å². The Bertz CT molecular complexity index is 789. The van der Waals surface area contributed by atoms with E-state index in [2.05, 4.69) is 41.7 Å². The molecule has 0 saturated heterocycles. The molecule has 2 saturated carbocycles. The third-order valence-electron chi connectivity index (χ3n) is 8.49. The van der Waals surface area contributed by atoms with Crippen molar-refractivity contribution in [2.45, 2.75) is 65.2 Å². The zero-order valence-electron chi connectivity index (χ0n) is 16.1. The second-order valence-corrected chi connectivity index (χ2v) is 9.58. The largest absolute Gasteiger partial charge is 0.310 e. The molecule has 1 aromatic rings. The highest BCUT2D eigenvalue weighted by atomic mass is 16.1. The maximum Gasteiger partial charge on any atom is 0.136 e. The number of carbonyl (C=O) groups excluding carboxylic acids is 1. The molecular weight excluding hydrogens is 320 g/mol. The van der Waals surface area contributed by atoms with Crippen molar-refractivity contribution in [2.75, 3.05) is 0 Å². The van der Waals surface area contributed by atoms with E-state index in [1.165, 1.54) is 43.4 Å². The Morgan fingerprint density at radius 3 is 2.81 bits per heavy atom. The van der Waals surface area contributed by atoms with Crippen LogP contribution in [0.3, 0.4) is 0 Å². The first-order valence-electron chi connectivity index (χ1n) is 10.4. The maximum absolute atomic E-state index is 12.2. The molecule has 1 aromatic heterocycles. The highest BCUT2D eigenvalue weighted by Gasteiger charge is 2.56. The molecule has 2 fully saturated rings. The van der Waals surface area contributed by atoms with Crippen molar-refractivity contribution in [3.8, 4) is 0 Å².